The monoisotopic (exact) mass is 344 g/mol. The van der Waals surface area contributed by atoms with E-state index in [-0.39, 0.29) is 24.0 Å². The summed E-state index contributed by atoms with van der Waals surface area (Å²) in [4.78, 5) is 30.7. The van der Waals surface area contributed by atoms with Crippen molar-refractivity contribution in [2.24, 2.45) is 5.92 Å². The van der Waals surface area contributed by atoms with Crippen LogP contribution >= 0.6 is 0 Å². The normalized spacial score (nSPS) is 25.5. The van der Waals surface area contributed by atoms with Gasteiger partial charge in [0, 0.05) is 25.5 Å². The molecule has 9 heteroatoms. The lowest BCUT2D eigenvalue weighted by molar-refractivity contribution is -0.121. The molecule has 0 unspecified atom stereocenters. The number of aromatic nitrogens is 4. The van der Waals surface area contributed by atoms with Crippen molar-refractivity contribution in [2.45, 2.75) is 25.0 Å². The van der Waals surface area contributed by atoms with Crippen LogP contribution in [-0.2, 0) is 9.53 Å². The Kier molecular flexibility index (Phi) is 4.22. The molecule has 2 aromatic rings. The summed E-state index contributed by atoms with van der Waals surface area (Å²) in [6, 6.07) is 0.103. The van der Waals surface area contributed by atoms with E-state index >= 15 is 0 Å². The summed E-state index contributed by atoms with van der Waals surface area (Å²) in [5.41, 5.74) is 0. The van der Waals surface area contributed by atoms with Crippen LogP contribution in [0.3, 0.4) is 0 Å². The largest absolute Gasteiger partial charge is 0.376 e. The number of amides is 1. The first-order chi connectivity index (χ1) is 12.2. The van der Waals surface area contributed by atoms with E-state index in [4.69, 9.17) is 4.74 Å². The second-order valence-corrected chi connectivity index (χ2v) is 6.13. The smallest absolute Gasteiger partial charge is 0.230 e. The highest BCUT2D eigenvalue weighted by Crippen LogP contribution is 2.33. The number of carbonyl (C=O) groups excluding carboxylic acids is 1. The third-order valence-corrected chi connectivity index (χ3v) is 4.56. The van der Waals surface area contributed by atoms with Crippen LogP contribution in [0.4, 0.5) is 16.2 Å². The zero-order chi connectivity index (χ0) is 17.2. The highest BCUT2D eigenvalue weighted by atomic mass is 19.1. The fraction of sp³-hybridized carbons (Fsp3) is 0.438. The summed E-state index contributed by atoms with van der Waals surface area (Å²) in [5, 5.41) is 2.78. The van der Waals surface area contributed by atoms with E-state index in [1.165, 1.54) is 12.4 Å². The number of anilines is 2. The molecule has 2 saturated heterocycles. The summed E-state index contributed by atoms with van der Waals surface area (Å²) < 4.78 is 18.9. The van der Waals surface area contributed by atoms with Gasteiger partial charge < -0.3 is 15.0 Å². The first-order valence-corrected chi connectivity index (χ1v) is 8.13. The average molecular weight is 344 g/mol. The molecule has 3 atom stereocenters. The number of hydrogen-bond acceptors (Lipinski definition) is 7. The maximum absolute atomic E-state index is 13.1. The molecule has 0 aliphatic carbocycles. The number of nitrogens with one attached hydrogen (secondary N) is 1. The lowest BCUT2D eigenvalue weighted by atomic mass is 9.89. The molecule has 2 aliphatic heterocycles. The minimum Gasteiger partial charge on any atom is -0.376 e. The Labute approximate surface area is 143 Å². The quantitative estimate of drug-likeness (QED) is 0.889. The summed E-state index contributed by atoms with van der Waals surface area (Å²) in [6.45, 7) is 1.08. The number of rotatable bonds is 3. The Hall–Kier alpha value is -2.68. The Bertz CT molecular complexity index is 744. The fourth-order valence-corrected chi connectivity index (χ4v) is 3.41. The van der Waals surface area contributed by atoms with Gasteiger partial charge in [0.1, 0.15) is 0 Å². The molecule has 25 heavy (non-hydrogen) atoms. The first kappa shape index (κ1) is 15.8. The van der Waals surface area contributed by atoms with Gasteiger partial charge in [0.2, 0.25) is 11.9 Å². The molecule has 2 aliphatic rings. The van der Waals surface area contributed by atoms with Crippen LogP contribution in [0.15, 0.2) is 31.0 Å². The van der Waals surface area contributed by atoms with Crippen LogP contribution in [0.5, 0.6) is 0 Å². The predicted molar refractivity (Wildman–Crippen MR) is 86.2 cm³/mol. The van der Waals surface area contributed by atoms with Crippen molar-refractivity contribution in [3.63, 3.8) is 0 Å². The maximum Gasteiger partial charge on any atom is 0.230 e. The highest BCUT2D eigenvalue weighted by molar-refractivity contribution is 5.92. The Balaban J connectivity index is 1.53. The van der Waals surface area contributed by atoms with E-state index in [0.717, 1.165) is 18.8 Å². The maximum atomic E-state index is 13.1. The van der Waals surface area contributed by atoms with E-state index < -0.39 is 5.82 Å². The number of halogens is 1. The van der Waals surface area contributed by atoms with Gasteiger partial charge >= 0.3 is 0 Å². The molecule has 4 heterocycles. The highest BCUT2D eigenvalue weighted by Gasteiger charge is 2.43. The van der Waals surface area contributed by atoms with Crippen molar-refractivity contribution >= 4 is 17.7 Å². The SMILES string of the molecule is O=C(Nc1cnccn1)[C@H]1C[C@H]2OCC[C@H]2N(c2ncc(F)cn2)C1. The van der Waals surface area contributed by atoms with Crippen LogP contribution in [0, 0.1) is 11.7 Å². The van der Waals surface area contributed by atoms with E-state index in [9.17, 15) is 9.18 Å². The third-order valence-electron chi connectivity index (χ3n) is 4.56. The van der Waals surface area contributed by atoms with Crippen molar-refractivity contribution in [3.8, 4) is 0 Å². The minimum absolute atomic E-state index is 0.0694. The molecule has 1 N–H and O–H groups in total. The van der Waals surface area contributed by atoms with Crippen LogP contribution in [0.2, 0.25) is 0 Å². The van der Waals surface area contributed by atoms with E-state index in [1.54, 1.807) is 6.20 Å². The Morgan fingerprint density at radius 1 is 1.24 bits per heavy atom. The van der Waals surface area contributed by atoms with Crippen molar-refractivity contribution in [3.05, 3.63) is 36.8 Å². The number of hydrogen-bond donors (Lipinski definition) is 1. The second kappa shape index (κ2) is 6.67. The molecule has 4 rings (SSSR count). The topological polar surface area (TPSA) is 93.1 Å². The summed E-state index contributed by atoms with van der Waals surface area (Å²) in [5.74, 6) is -0.126. The zero-order valence-electron chi connectivity index (χ0n) is 13.4. The summed E-state index contributed by atoms with van der Waals surface area (Å²) in [7, 11) is 0. The van der Waals surface area contributed by atoms with Gasteiger partial charge in [-0.15, -0.1) is 0 Å². The van der Waals surface area contributed by atoms with Crippen molar-refractivity contribution in [1.29, 1.82) is 0 Å². The van der Waals surface area contributed by atoms with Gasteiger partial charge in [0.25, 0.3) is 0 Å². The Morgan fingerprint density at radius 3 is 2.84 bits per heavy atom. The van der Waals surface area contributed by atoms with Gasteiger partial charge in [-0.05, 0) is 12.8 Å². The lowest BCUT2D eigenvalue weighted by Gasteiger charge is -2.40. The van der Waals surface area contributed by atoms with Gasteiger partial charge in [-0.2, -0.15) is 0 Å². The number of carbonyl (C=O) groups is 1. The van der Waals surface area contributed by atoms with Crippen molar-refractivity contribution in [1.82, 2.24) is 19.9 Å². The average Bonchev–Trinajstić information content (AvgIpc) is 3.11. The molecular weight excluding hydrogens is 327 g/mol. The van der Waals surface area contributed by atoms with Crippen molar-refractivity contribution in [2.75, 3.05) is 23.4 Å². The number of nitrogens with zero attached hydrogens (tertiary/aromatic N) is 5. The molecule has 0 aromatic carbocycles. The first-order valence-electron chi connectivity index (χ1n) is 8.13. The van der Waals surface area contributed by atoms with Gasteiger partial charge in [-0.25, -0.2) is 19.3 Å². The molecule has 2 fully saturated rings. The number of ether oxygens (including phenoxy) is 1. The van der Waals surface area contributed by atoms with E-state index in [2.05, 4.69) is 25.3 Å². The predicted octanol–water partition coefficient (Wildman–Crippen LogP) is 1.03. The molecule has 0 radical (unpaired) electrons. The fourth-order valence-electron chi connectivity index (χ4n) is 3.41. The second-order valence-electron chi connectivity index (χ2n) is 6.13. The summed E-state index contributed by atoms with van der Waals surface area (Å²) >= 11 is 0. The van der Waals surface area contributed by atoms with Crippen LogP contribution < -0.4 is 10.2 Å². The third kappa shape index (κ3) is 3.27. The molecule has 8 nitrogen and oxygen atoms in total. The number of fused-ring (bicyclic) bond motifs is 1. The van der Waals surface area contributed by atoms with Gasteiger partial charge in [0.15, 0.2) is 11.6 Å². The lowest BCUT2D eigenvalue weighted by Crippen LogP contribution is -2.52. The Morgan fingerprint density at radius 2 is 2.08 bits per heavy atom. The summed E-state index contributed by atoms with van der Waals surface area (Å²) in [6.07, 6.45) is 8.22. The van der Waals surface area contributed by atoms with Crippen LogP contribution in [-0.4, -0.2) is 51.1 Å². The van der Waals surface area contributed by atoms with Crippen LogP contribution in [0.25, 0.3) is 0 Å². The van der Waals surface area contributed by atoms with E-state index in [0.29, 0.717) is 31.3 Å². The van der Waals surface area contributed by atoms with Crippen molar-refractivity contribution < 1.29 is 13.9 Å². The van der Waals surface area contributed by atoms with Gasteiger partial charge in [-0.1, -0.05) is 0 Å². The molecule has 1 amide bonds. The standard InChI is InChI=1S/C16H17FN6O2/c17-11-6-20-16(21-7-11)23-9-10(5-13-12(23)1-4-25-13)15(24)22-14-8-18-2-3-19-14/h2-3,6-8,10,12-13H,1,4-5,9H2,(H,19,22,24)/t10-,12+,13+/m0/s1. The molecule has 2 aromatic heterocycles. The molecule has 0 spiro atoms. The zero-order valence-corrected chi connectivity index (χ0v) is 13.4. The minimum atomic E-state index is -0.489. The molecule has 0 saturated carbocycles. The van der Waals surface area contributed by atoms with Gasteiger partial charge in [0.05, 0.1) is 36.7 Å². The molecule has 130 valence electrons. The molecule has 0 bridgehead atoms. The van der Waals surface area contributed by atoms with Crippen LogP contribution in [0.1, 0.15) is 12.8 Å². The van der Waals surface area contributed by atoms with Gasteiger partial charge in [-0.3, -0.25) is 9.78 Å². The molecular formula is C16H17FN6O2. The van der Waals surface area contributed by atoms with E-state index in [1.807, 2.05) is 4.90 Å². The number of piperidine rings is 1.